The number of nitrogens with zero attached hydrogens (tertiary/aromatic N) is 1. The van der Waals surface area contributed by atoms with Gasteiger partial charge in [-0.05, 0) is 32.8 Å². The van der Waals surface area contributed by atoms with Gasteiger partial charge in [0.1, 0.15) is 12.0 Å². The van der Waals surface area contributed by atoms with E-state index in [1.54, 1.807) is 6.07 Å². The van der Waals surface area contributed by atoms with Gasteiger partial charge in [-0.3, -0.25) is 4.90 Å². The Hall–Kier alpha value is -1.29. The molecule has 0 bridgehead atoms. The highest BCUT2D eigenvalue weighted by Crippen LogP contribution is 2.25. The standard InChI is InChI=1S/C13H19NO3/c1-9-4-3-5-10(2)14(9)7-12-6-11(8-17-12)13(15)16/h6,8-10H,3-5,7H2,1-2H3,(H,15,16). The average molecular weight is 237 g/mol. The van der Waals surface area contributed by atoms with Crippen molar-refractivity contribution in [3.8, 4) is 0 Å². The zero-order chi connectivity index (χ0) is 12.4. The van der Waals surface area contributed by atoms with Gasteiger partial charge in [0.05, 0.1) is 12.1 Å². The van der Waals surface area contributed by atoms with E-state index in [0.717, 1.165) is 5.76 Å². The number of aromatic carboxylic acids is 1. The van der Waals surface area contributed by atoms with Crippen molar-refractivity contribution in [2.24, 2.45) is 0 Å². The molecule has 1 aromatic rings. The summed E-state index contributed by atoms with van der Waals surface area (Å²) in [6.07, 6.45) is 5.00. The van der Waals surface area contributed by atoms with Crippen molar-refractivity contribution < 1.29 is 14.3 Å². The normalized spacial score (nSPS) is 26.0. The van der Waals surface area contributed by atoms with Crippen LogP contribution in [0.1, 0.15) is 49.2 Å². The molecular weight excluding hydrogens is 218 g/mol. The molecule has 1 aliphatic heterocycles. The average Bonchev–Trinajstić information content (AvgIpc) is 2.72. The Morgan fingerprint density at radius 3 is 2.65 bits per heavy atom. The van der Waals surface area contributed by atoms with Crippen LogP contribution >= 0.6 is 0 Å². The lowest BCUT2D eigenvalue weighted by atomic mass is 9.97. The Bertz CT molecular complexity index is 389. The summed E-state index contributed by atoms with van der Waals surface area (Å²) in [6, 6.07) is 2.70. The van der Waals surface area contributed by atoms with Gasteiger partial charge in [-0.15, -0.1) is 0 Å². The van der Waals surface area contributed by atoms with Gasteiger partial charge in [-0.2, -0.15) is 0 Å². The molecule has 17 heavy (non-hydrogen) atoms. The summed E-state index contributed by atoms with van der Waals surface area (Å²) in [5.41, 5.74) is 0.234. The number of rotatable bonds is 3. The second-order valence-corrected chi connectivity index (χ2v) is 4.91. The smallest absolute Gasteiger partial charge is 0.338 e. The number of furan rings is 1. The van der Waals surface area contributed by atoms with Crippen LogP contribution < -0.4 is 0 Å². The molecule has 0 aliphatic carbocycles. The number of piperidine rings is 1. The van der Waals surface area contributed by atoms with E-state index in [9.17, 15) is 4.79 Å². The number of carboxylic acids is 1. The van der Waals surface area contributed by atoms with Gasteiger partial charge >= 0.3 is 5.97 Å². The van der Waals surface area contributed by atoms with Crippen LogP contribution in [0.15, 0.2) is 16.7 Å². The second kappa shape index (κ2) is 4.92. The van der Waals surface area contributed by atoms with Crippen molar-refractivity contribution in [3.63, 3.8) is 0 Å². The maximum Gasteiger partial charge on any atom is 0.338 e. The van der Waals surface area contributed by atoms with Gasteiger partial charge in [0.15, 0.2) is 0 Å². The fourth-order valence-corrected chi connectivity index (χ4v) is 2.54. The molecule has 2 rings (SSSR count). The van der Waals surface area contributed by atoms with Crippen LogP contribution in [0, 0.1) is 0 Å². The molecule has 1 fully saturated rings. The molecule has 2 atom stereocenters. The van der Waals surface area contributed by atoms with E-state index in [-0.39, 0.29) is 5.56 Å². The van der Waals surface area contributed by atoms with Crippen molar-refractivity contribution in [2.45, 2.75) is 51.7 Å². The maximum atomic E-state index is 10.8. The largest absolute Gasteiger partial charge is 0.478 e. The summed E-state index contributed by atoms with van der Waals surface area (Å²) in [6.45, 7) is 5.14. The van der Waals surface area contributed by atoms with Crippen molar-refractivity contribution in [1.82, 2.24) is 4.90 Å². The third kappa shape index (κ3) is 2.69. The van der Waals surface area contributed by atoms with Gasteiger partial charge in [0, 0.05) is 12.1 Å². The SMILES string of the molecule is CC1CCCC(C)N1Cc1cc(C(=O)O)co1. The molecule has 0 spiro atoms. The van der Waals surface area contributed by atoms with E-state index < -0.39 is 5.97 Å². The van der Waals surface area contributed by atoms with E-state index >= 15 is 0 Å². The minimum atomic E-state index is -0.931. The Morgan fingerprint density at radius 1 is 1.47 bits per heavy atom. The lowest BCUT2D eigenvalue weighted by Gasteiger charge is -2.38. The van der Waals surface area contributed by atoms with Crippen LogP contribution in [0.2, 0.25) is 0 Å². The molecule has 0 radical (unpaired) electrons. The highest BCUT2D eigenvalue weighted by molar-refractivity contribution is 5.87. The topological polar surface area (TPSA) is 53.7 Å². The van der Waals surface area contributed by atoms with Crippen molar-refractivity contribution in [1.29, 1.82) is 0 Å². The maximum absolute atomic E-state index is 10.8. The molecule has 0 aromatic carbocycles. The molecule has 0 saturated carbocycles. The molecule has 4 heteroatoms. The summed E-state index contributed by atoms with van der Waals surface area (Å²) < 4.78 is 5.30. The summed E-state index contributed by atoms with van der Waals surface area (Å²) in [7, 11) is 0. The molecule has 2 unspecified atom stereocenters. The lowest BCUT2D eigenvalue weighted by molar-refractivity contribution is 0.0696. The second-order valence-electron chi connectivity index (χ2n) is 4.91. The number of likely N-dealkylation sites (tertiary alicyclic amines) is 1. The lowest BCUT2D eigenvalue weighted by Crippen LogP contribution is -2.42. The van der Waals surface area contributed by atoms with Gasteiger partial charge in [-0.1, -0.05) is 6.42 Å². The molecule has 4 nitrogen and oxygen atoms in total. The number of carboxylic acid groups (broad SMARTS) is 1. The van der Waals surface area contributed by atoms with E-state index in [1.807, 2.05) is 0 Å². The molecule has 1 saturated heterocycles. The van der Waals surface area contributed by atoms with E-state index in [4.69, 9.17) is 9.52 Å². The van der Waals surface area contributed by atoms with Crippen LogP contribution in [0.4, 0.5) is 0 Å². The Kier molecular flexibility index (Phi) is 3.52. The van der Waals surface area contributed by atoms with Gasteiger partial charge < -0.3 is 9.52 Å². The van der Waals surface area contributed by atoms with E-state index in [2.05, 4.69) is 18.7 Å². The van der Waals surface area contributed by atoms with Crippen molar-refractivity contribution in [3.05, 3.63) is 23.7 Å². The van der Waals surface area contributed by atoms with Gasteiger partial charge in [-0.25, -0.2) is 4.79 Å². The van der Waals surface area contributed by atoms with Crippen molar-refractivity contribution in [2.75, 3.05) is 0 Å². The minimum absolute atomic E-state index is 0.234. The minimum Gasteiger partial charge on any atom is -0.478 e. The number of hydrogen-bond donors (Lipinski definition) is 1. The van der Waals surface area contributed by atoms with Crippen LogP contribution in [0.5, 0.6) is 0 Å². The molecule has 0 amide bonds. The summed E-state index contributed by atoms with van der Waals surface area (Å²) in [4.78, 5) is 13.1. The number of hydrogen-bond acceptors (Lipinski definition) is 3. The first-order chi connectivity index (χ1) is 8.08. The Balaban J connectivity index is 2.05. The molecule has 94 valence electrons. The van der Waals surface area contributed by atoms with Crippen LogP contribution in [-0.4, -0.2) is 28.1 Å². The molecule has 2 heterocycles. The third-order valence-electron chi connectivity index (χ3n) is 3.62. The van der Waals surface area contributed by atoms with Gasteiger partial charge in [0.25, 0.3) is 0 Å². The summed E-state index contributed by atoms with van der Waals surface area (Å²) in [5, 5.41) is 8.83. The predicted molar refractivity (Wildman–Crippen MR) is 64.0 cm³/mol. The Morgan fingerprint density at radius 2 is 2.12 bits per heavy atom. The number of carbonyl (C=O) groups is 1. The predicted octanol–water partition coefficient (Wildman–Crippen LogP) is 2.74. The molecular formula is C13H19NO3. The first-order valence-electron chi connectivity index (χ1n) is 6.14. The van der Waals surface area contributed by atoms with E-state index in [1.165, 1.54) is 25.5 Å². The molecule has 1 aromatic heterocycles. The van der Waals surface area contributed by atoms with Crippen LogP contribution in [-0.2, 0) is 6.54 Å². The first kappa shape index (κ1) is 12.2. The van der Waals surface area contributed by atoms with Crippen LogP contribution in [0.3, 0.4) is 0 Å². The summed E-state index contributed by atoms with van der Waals surface area (Å²) in [5.74, 6) is -0.192. The van der Waals surface area contributed by atoms with Crippen LogP contribution in [0.25, 0.3) is 0 Å². The fourth-order valence-electron chi connectivity index (χ4n) is 2.54. The third-order valence-corrected chi connectivity index (χ3v) is 3.62. The zero-order valence-corrected chi connectivity index (χ0v) is 10.3. The van der Waals surface area contributed by atoms with E-state index in [0.29, 0.717) is 18.6 Å². The molecule has 1 N–H and O–H groups in total. The highest BCUT2D eigenvalue weighted by atomic mass is 16.4. The monoisotopic (exact) mass is 237 g/mol. The Labute approximate surface area is 101 Å². The highest BCUT2D eigenvalue weighted by Gasteiger charge is 2.25. The molecule has 1 aliphatic rings. The first-order valence-corrected chi connectivity index (χ1v) is 6.14. The van der Waals surface area contributed by atoms with Crippen molar-refractivity contribution >= 4 is 5.97 Å². The fraction of sp³-hybridized carbons (Fsp3) is 0.615. The quantitative estimate of drug-likeness (QED) is 0.878. The zero-order valence-electron chi connectivity index (χ0n) is 10.3. The van der Waals surface area contributed by atoms with Gasteiger partial charge in [0.2, 0.25) is 0 Å². The summed E-state index contributed by atoms with van der Waals surface area (Å²) >= 11 is 0.